The number of para-hydroxylation sites is 1. The predicted molar refractivity (Wildman–Crippen MR) is 87.5 cm³/mol. The Labute approximate surface area is 130 Å². The average molecular weight is 296 g/mol. The lowest BCUT2D eigenvalue weighted by molar-refractivity contribution is -0.126. The van der Waals surface area contributed by atoms with Crippen LogP contribution in [0.4, 0.5) is 5.69 Å². The molecule has 0 saturated carbocycles. The maximum absolute atomic E-state index is 12.0. The van der Waals surface area contributed by atoms with Crippen LogP contribution in [0.3, 0.4) is 0 Å². The summed E-state index contributed by atoms with van der Waals surface area (Å²) >= 11 is 0. The Kier molecular flexibility index (Phi) is 5.31. The Morgan fingerprint density at radius 2 is 1.50 bits per heavy atom. The standard InChI is InChI=1S/C18H20N2O2/c1-13-7-6-8-14(2)18(13)20-17(22)11-16(21)19-12-15-9-4-3-5-10-15/h3-10H,11-12H2,1-2H3,(H,19,21)(H,20,22). The second-order valence-electron chi connectivity index (χ2n) is 5.25. The Bertz CT molecular complexity index is 646. The van der Waals surface area contributed by atoms with Crippen molar-refractivity contribution in [2.24, 2.45) is 0 Å². The molecule has 2 aromatic rings. The zero-order chi connectivity index (χ0) is 15.9. The van der Waals surface area contributed by atoms with Crippen molar-refractivity contribution in [2.45, 2.75) is 26.8 Å². The third-order valence-electron chi connectivity index (χ3n) is 3.40. The molecule has 2 N–H and O–H groups in total. The molecule has 0 aliphatic rings. The molecule has 0 aliphatic heterocycles. The van der Waals surface area contributed by atoms with Crippen LogP contribution in [0.1, 0.15) is 23.1 Å². The fourth-order valence-electron chi connectivity index (χ4n) is 2.20. The largest absolute Gasteiger partial charge is 0.352 e. The van der Waals surface area contributed by atoms with Gasteiger partial charge in [0.2, 0.25) is 11.8 Å². The molecule has 0 atom stereocenters. The minimum Gasteiger partial charge on any atom is -0.352 e. The van der Waals surface area contributed by atoms with Gasteiger partial charge in [0.1, 0.15) is 6.42 Å². The third-order valence-corrected chi connectivity index (χ3v) is 3.40. The third kappa shape index (κ3) is 4.45. The first-order valence-corrected chi connectivity index (χ1v) is 7.23. The zero-order valence-corrected chi connectivity index (χ0v) is 12.8. The Balaban J connectivity index is 1.85. The summed E-state index contributed by atoms with van der Waals surface area (Å²) in [5.74, 6) is -0.587. The highest BCUT2D eigenvalue weighted by Crippen LogP contribution is 2.19. The Morgan fingerprint density at radius 3 is 2.14 bits per heavy atom. The molecule has 0 fully saturated rings. The minimum absolute atomic E-state index is 0.180. The fraction of sp³-hybridized carbons (Fsp3) is 0.222. The molecular weight excluding hydrogens is 276 g/mol. The van der Waals surface area contributed by atoms with Crippen molar-refractivity contribution in [3.8, 4) is 0 Å². The highest BCUT2D eigenvalue weighted by atomic mass is 16.2. The van der Waals surface area contributed by atoms with Crippen molar-refractivity contribution in [2.75, 3.05) is 5.32 Å². The van der Waals surface area contributed by atoms with Crippen LogP contribution in [0, 0.1) is 13.8 Å². The van der Waals surface area contributed by atoms with Gasteiger partial charge in [0.25, 0.3) is 0 Å². The summed E-state index contributed by atoms with van der Waals surface area (Å²) < 4.78 is 0. The summed E-state index contributed by atoms with van der Waals surface area (Å²) in [7, 11) is 0. The van der Waals surface area contributed by atoms with Gasteiger partial charge in [-0.3, -0.25) is 9.59 Å². The van der Waals surface area contributed by atoms with Crippen molar-refractivity contribution in [1.29, 1.82) is 0 Å². The van der Waals surface area contributed by atoms with E-state index in [1.54, 1.807) is 0 Å². The predicted octanol–water partition coefficient (Wildman–Crippen LogP) is 2.95. The van der Waals surface area contributed by atoms with E-state index < -0.39 is 0 Å². The summed E-state index contributed by atoms with van der Waals surface area (Å²) in [4.78, 5) is 23.8. The normalized spacial score (nSPS) is 10.1. The quantitative estimate of drug-likeness (QED) is 0.833. The van der Waals surface area contributed by atoms with Crippen LogP contribution in [0.25, 0.3) is 0 Å². The topological polar surface area (TPSA) is 58.2 Å². The molecule has 0 bridgehead atoms. The molecule has 0 saturated heterocycles. The van der Waals surface area contributed by atoms with Crippen LogP contribution >= 0.6 is 0 Å². The highest BCUT2D eigenvalue weighted by Gasteiger charge is 2.11. The van der Waals surface area contributed by atoms with Crippen LogP contribution in [0.2, 0.25) is 0 Å². The number of carbonyl (C=O) groups is 2. The van der Waals surface area contributed by atoms with Gasteiger partial charge < -0.3 is 10.6 Å². The van der Waals surface area contributed by atoms with Crippen LogP contribution in [0.15, 0.2) is 48.5 Å². The van der Waals surface area contributed by atoms with Gasteiger partial charge in [0, 0.05) is 12.2 Å². The van der Waals surface area contributed by atoms with Crippen molar-refractivity contribution < 1.29 is 9.59 Å². The smallest absolute Gasteiger partial charge is 0.233 e. The van der Waals surface area contributed by atoms with Gasteiger partial charge in [-0.2, -0.15) is 0 Å². The number of amides is 2. The summed E-state index contributed by atoms with van der Waals surface area (Å²) in [6, 6.07) is 15.4. The Hall–Kier alpha value is -2.62. The maximum Gasteiger partial charge on any atom is 0.233 e. The van der Waals surface area contributed by atoms with Gasteiger partial charge in [-0.15, -0.1) is 0 Å². The number of aryl methyl sites for hydroxylation is 2. The number of carbonyl (C=O) groups excluding carboxylic acids is 2. The second kappa shape index (κ2) is 7.41. The molecule has 0 aliphatic carbocycles. The SMILES string of the molecule is Cc1cccc(C)c1NC(=O)CC(=O)NCc1ccccc1. The van der Waals surface area contributed by atoms with Crippen molar-refractivity contribution >= 4 is 17.5 Å². The van der Waals surface area contributed by atoms with E-state index in [0.29, 0.717) is 6.54 Å². The summed E-state index contributed by atoms with van der Waals surface area (Å²) in [6.07, 6.45) is -0.180. The fourth-order valence-corrected chi connectivity index (χ4v) is 2.20. The molecule has 0 heterocycles. The van der Waals surface area contributed by atoms with E-state index in [0.717, 1.165) is 22.4 Å². The lowest BCUT2D eigenvalue weighted by Crippen LogP contribution is -2.28. The molecule has 114 valence electrons. The van der Waals surface area contributed by atoms with Crippen molar-refractivity contribution in [1.82, 2.24) is 5.32 Å². The molecule has 4 nitrogen and oxygen atoms in total. The summed E-state index contributed by atoms with van der Waals surface area (Å²) in [5.41, 5.74) is 3.76. The van der Waals surface area contributed by atoms with Gasteiger partial charge in [-0.25, -0.2) is 0 Å². The number of hydrogen-bond donors (Lipinski definition) is 2. The van der Waals surface area contributed by atoms with Crippen LogP contribution < -0.4 is 10.6 Å². The number of rotatable bonds is 5. The lowest BCUT2D eigenvalue weighted by Gasteiger charge is -2.11. The second-order valence-corrected chi connectivity index (χ2v) is 5.25. The van der Waals surface area contributed by atoms with E-state index in [4.69, 9.17) is 0 Å². The lowest BCUT2D eigenvalue weighted by atomic mass is 10.1. The first-order chi connectivity index (χ1) is 10.6. The van der Waals surface area contributed by atoms with Crippen molar-refractivity contribution in [3.05, 3.63) is 65.2 Å². The maximum atomic E-state index is 12.0. The van der Waals surface area contributed by atoms with E-state index >= 15 is 0 Å². The summed E-state index contributed by atoms with van der Waals surface area (Å²) in [5, 5.41) is 5.55. The van der Waals surface area contributed by atoms with E-state index in [1.165, 1.54) is 0 Å². The van der Waals surface area contributed by atoms with Gasteiger partial charge >= 0.3 is 0 Å². The molecule has 2 amide bonds. The molecule has 0 spiro atoms. The first-order valence-electron chi connectivity index (χ1n) is 7.23. The average Bonchev–Trinajstić information content (AvgIpc) is 2.50. The zero-order valence-electron chi connectivity index (χ0n) is 12.8. The van der Waals surface area contributed by atoms with Gasteiger partial charge in [0.15, 0.2) is 0 Å². The van der Waals surface area contributed by atoms with Crippen LogP contribution in [-0.4, -0.2) is 11.8 Å². The van der Waals surface area contributed by atoms with Crippen LogP contribution in [0.5, 0.6) is 0 Å². The molecule has 22 heavy (non-hydrogen) atoms. The molecule has 0 aromatic heterocycles. The number of anilines is 1. The molecule has 4 heteroatoms. The number of hydrogen-bond acceptors (Lipinski definition) is 2. The Morgan fingerprint density at radius 1 is 0.864 bits per heavy atom. The minimum atomic E-state index is -0.303. The molecule has 0 radical (unpaired) electrons. The van der Waals surface area contributed by atoms with Gasteiger partial charge in [-0.1, -0.05) is 48.5 Å². The number of benzene rings is 2. The first kappa shape index (κ1) is 15.8. The molecule has 2 rings (SSSR count). The molecular formula is C18H20N2O2. The highest BCUT2D eigenvalue weighted by molar-refractivity contribution is 6.04. The molecule has 0 unspecified atom stereocenters. The monoisotopic (exact) mass is 296 g/mol. The van der Waals surface area contributed by atoms with E-state index in [2.05, 4.69) is 10.6 Å². The summed E-state index contributed by atoms with van der Waals surface area (Å²) in [6.45, 7) is 4.28. The van der Waals surface area contributed by atoms with E-state index in [1.807, 2.05) is 62.4 Å². The van der Waals surface area contributed by atoms with Crippen LogP contribution in [-0.2, 0) is 16.1 Å². The van der Waals surface area contributed by atoms with Gasteiger partial charge in [0.05, 0.1) is 0 Å². The van der Waals surface area contributed by atoms with Gasteiger partial charge in [-0.05, 0) is 30.5 Å². The molecule has 2 aromatic carbocycles. The number of nitrogens with one attached hydrogen (secondary N) is 2. The van der Waals surface area contributed by atoms with E-state index in [-0.39, 0.29) is 18.2 Å². The van der Waals surface area contributed by atoms with Crippen molar-refractivity contribution in [3.63, 3.8) is 0 Å². The van der Waals surface area contributed by atoms with E-state index in [9.17, 15) is 9.59 Å².